The summed E-state index contributed by atoms with van der Waals surface area (Å²) in [5.41, 5.74) is 1.97. The maximum absolute atomic E-state index is 10.2. The molecule has 0 aliphatic heterocycles. The van der Waals surface area contributed by atoms with Gasteiger partial charge in [0.1, 0.15) is 12.0 Å². The molecule has 3 N–H and O–H groups in total. The van der Waals surface area contributed by atoms with Crippen LogP contribution in [0.5, 0.6) is 5.88 Å². The zero-order chi connectivity index (χ0) is 22.5. The average Bonchev–Trinajstić information content (AvgIpc) is 3.34. The van der Waals surface area contributed by atoms with Gasteiger partial charge in [0.2, 0.25) is 11.8 Å². The molecule has 1 aliphatic rings. The number of H-pyrrole nitrogens is 1. The fourth-order valence-electron chi connectivity index (χ4n) is 3.91. The Morgan fingerprint density at radius 2 is 2.21 bits per heavy atom. The van der Waals surface area contributed by atoms with Crippen LogP contribution in [0.3, 0.4) is 0 Å². The van der Waals surface area contributed by atoms with E-state index in [2.05, 4.69) is 30.4 Å². The summed E-state index contributed by atoms with van der Waals surface area (Å²) in [5, 5.41) is 18.1. The summed E-state index contributed by atoms with van der Waals surface area (Å²) in [7, 11) is -2.67. The maximum atomic E-state index is 10.2. The van der Waals surface area contributed by atoms with E-state index in [-0.39, 0.29) is 17.9 Å². The van der Waals surface area contributed by atoms with E-state index in [9.17, 15) is 5.11 Å². The molecule has 0 unspecified atom stereocenters. The highest BCUT2D eigenvalue weighted by Gasteiger charge is 2.29. The molecule has 0 radical (unpaired) electrons. The van der Waals surface area contributed by atoms with Gasteiger partial charge in [-0.2, -0.15) is 15.1 Å². The fraction of sp³-hybridized carbons (Fsp3) is 0.400. The Balaban J connectivity index is 1.54. The number of ether oxygens (including phenoxy) is 1. The lowest BCUT2D eigenvalue weighted by atomic mass is 9.84. The van der Waals surface area contributed by atoms with Gasteiger partial charge in [-0.3, -0.25) is 0 Å². The van der Waals surface area contributed by atoms with E-state index in [1.807, 2.05) is 19.1 Å². The van der Waals surface area contributed by atoms with Crippen molar-refractivity contribution in [1.29, 1.82) is 0 Å². The predicted molar refractivity (Wildman–Crippen MR) is 109 cm³/mol. The standard InChI is InChI=1S/C20H23N7O2/c1-20(28)7-5-13(6-8-20)24-19-25-17-16(18(26-19)29-2)14(9-21-17)12-3-4-15-22-11-23-27(15)10-12/h3-4,9-11,13,28H,5-8H2,1-2H3,(H2,21,24,25,26)/i2D3. The molecule has 150 valence electrons. The molecule has 9 heteroatoms. The van der Waals surface area contributed by atoms with Crippen molar-refractivity contribution in [1.82, 2.24) is 29.5 Å². The van der Waals surface area contributed by atoms with Crippen molar-refractivity contribution >= 4 is 22.6 Å². The molecule has 5 rings (SSSR count). The molecule has 9 nitrogen and oxygen atoms in total. The fourth-order valence-corrected chi connectivity index (χ4v) is 3.91. The number of aromatic amines is 1. The highest BCUT2D eigenvalue weighted by atomic mass is 16.5. The average molecular weight is 396 g/mol. The quantitative estimate of drug-likeness (QED) is 0.486. The topological polar surface area (TPSA) is 113 Å². The van der Waals surface area contributed by atoms with Crippen LogP contribution in [-0.2, 0) is 0 Å². The van der Waals surface area contributed by atoms with E-state index < -0.39 is 12.6 Å². The Morgan fingerprint density at radius 3 is 3.03 bits per heavy atom. The van der Waals surface area contributed by atoms with E-state index in [1.54, 1.807) is 16.9 Å². The molecule has 1 saturated carbocycles. The van der Waals surface area contributed by atoms with Crippen molar-refractivity contribution < 1.29 is 14.0 Å². The van der Waals surface area contributed by atoms with Crippen LogP contribution in [0.1, 0.15) is 36.7 Å². The number of rotatable bonds is 4. The van der Waals surface area contributed by atoms with Gasteiger partial charge < -0.3 is 20.1 Å². The van der Waals surface area contributed by atoms with Gasteiger partial charge in [0.25, 0.3) is 0 Å². The summed E-state index contributed by atoms with van der Waals surface area (Å²) in [6.07, 6.45) is 7.86. The van der Waals surface area contributed by atoms with Crippen molar-refractivity contribution in [2.75, 3.05) is 12.4 Å². The Morgan fingerprint density at radius 1 is 1.34 bits per heavy atom. The van der Waals surface area contributed by atoms with Crippen molar-refractivity contribution in [2.24, 2.45) is 0 Å². The van der Waals surface area contributed by atoms with Crippen LogP contribution in [0, 0.1) is 0 Å². The summed E-state index contributed by atoms with van der Waals surface area (Å²) in [4.78, 5) is 16.2. The molecule has 0 spiro atoms. The van der Waals surface area contributed by atoms with E-state index in [4.69, 9.17) is 8.85 Å². The number of hydrogen-bond donors (Lipinski definition) is 3. The van der Waals surface area contributed by atoms with E-state index in [0.29, 0.717) is 35.1 Å². The van der Waals surface area contributed by atoms with Crippen LogP contribution >= 0.6 is 0 Å². The van der Waals surface area contributed by atoms with Gasteiger partial charge in [-0.25, -0.2) is 9.50 Å². The monoisotopic (exact) mass is 396 g/mol. The largest absolute Gasteiger partial charge is 0.480 e. The third-order valence-corrected chi connectivity index (χ3v) is 5.58. The first-order valence-electron chi connectivity index (χ1n) is 11.0. The highest BCUT2D eigenvalue weighted by molar-refractivity contribution is 5.97. The smallest absolute Gasteiger partial charge is 0.228 e. The Kier molecular flexibility index (Phi) is 3.41. The molecular formula is C20H23N7O2. The second-order valence-electron chi connectivity index (χ2n) is 7.78. The molecule has 0 aromatic carbocycles. The zero-order valence-corrected chi connectivity index (χ0v) is 15.9. The highest BCUT2D eigenvalue weighted by Crippen LogP contribution is 2.35. The van der Waals surface area contributed by atoms with Gasteiger partial charge in [-0.1, -0.05) is 0 Å². The normalized spacial score (nSPS) is 24.2. The van der Waals surface area contributed by atoms with Crippen LogP contribution in [-0.4, -0.2) is 53.3 Å². The number of nitrogens with one attached hydrogen (secondary N) is 2. The summed E-state index contributed by atoms with van der Waals surface area (Å²) >= 11 is 0. The van der Waals surface area contributed by atoms with Crippen LogP contribution in [0.2, 0.25) is 0 Å². The minimum Gasteiger partial charge on any atom is -0.480 e. The molecule has 4 aromatic heterocycles. The maximum Gasteiger partial charge on any atom is 0.228 e. The number of hydrogen-bond acceptors (Lipinski definition) is 7. The van der Waals surface area contributed by atoms with Gasteiger partial charge in [0, 0.05) is 29.6 Å². The second-order valence-corrected chi connectivity index (χ2v) is 7.78. The Bertz CT molecular complexity index is 1270. The lowest BCUT2D eigenvalue weighted by Gasteiger charge is -2.33. The molecule has 0 amide bonds. The third-order valence-electron chi connectivity index (χ3n) is 5.58. The summed E-state index contributed by atoms with van der Waals surface area (Å²) in [6.45, 7) is 1.84. The van der Waals surface area contributed by atoms with Crippen LogP contribution in [0.4, 0.5) is 5.95 Å². The summed E-state index contributed by atoms with van der Waals surface area (Å²) in [6, 6.07) is 3.77. The first-order valence-corrected chi connectivity index (χ1v) is 9.54. The van der Waals surface area contributed by atoms with Crippen molar-refractivity contribution in [3.8, 4) is 17.0 Å². The van der Waals surface area contributed by atoms with Crippen LogP contribution in [0.15, 0.2) is 30.9 Å². The molecule has 0 atom stereocenters. The molecule has 4 heterocycles. The molecule has 0 bridgehead atoms. The molecule has 0 saturated heterocycles. The minimum atomic E-state index is -2.67. The first-order chi connectivity index (χ1) is 15.2. The molecule has 29 heavy (non-hydrogen) atoms. The van der Waals surface area contributed by atoms with Crippen molar-refractivity contribution in [3.05, 3.63) is 30.9 Å². The van der Waals surface area contributed by atoms with E-state index >= 15 is 0 Å². The van der Waals surface area contributed by atoms with Gasteiger partial charge in [-0.05, 0) is 44.7 Å². The SMILES string of the molecule is [2H]C([2H])([2H])Oc1nc(NC2CCC(C)(O)CC2)nc2[nH]cc(-c3ccc4ncnn4c3)c12. The number of pyridine rings is 1. The van der Waals surface area contributed by atoms with Gasteiger partial charge in [-0.15, -0.1) is 0 Å². The Hall–Kier alpha value is -3.20. The lowest BCUT2D eigenvalue weighted by Crippen LogP contribution is -2.36. The number of nitrogens with zero attached hydrogens (tertiary/aromatic N) is 5. The number of aromatic nitrogens is 6. The number of methoxy groups -OCH3 is 1. The van der Waals surface area contributed by atoms with Crippen LogP contribution < -0.4 is 10.1 Å². The van der Waals surface area contributed by atoms with Gasteiger partial charge in [0.05, 0.1) is 22.1 Å². The second kappa shape index (κ2) is 6.70. The molecule has 4 aromatic rings. The number of anilines is 1. The molecule has 1 aliphatic carbocycles. The minimum absolute atomic E-state index is 0.0322. The van der Waals surface area contributed by atoms with Crippen molar-refractivity contribution in [3.63, 3.8) is 0 Å². The van der Waals surface area contributed by atoms with Gasteiger partial charge in [0.15, 0.2) is 5.65 Å². The Labute approximate surface area is 171 Å². The van der Waals surface area contributed by atoms with E-state index in [0.717, 1.165) is 18.4 Å². The van der Waals surface area contributed by atoms with Crippen LogP contribution in [0.25, 0.3) is 27.8 Å². The summed E-state index contributed by atoms with van der Waals surface area (Å²) in [5.74, 6) is 0.249. The zero-order valence-electron chi connectivity index (χ0n) is 18.9. The van der Waals surface area contributed by atoms with Crippen molar-refractivity contribution in [2.45, 2.75) is 44.2 Å². The number of aliphatic hydroxyl groups is 1. The molecule has 1 fully saturated rings. The molecular weight excluding hydrogens is 370 g/mol. The predicted octanol–water partition coefficient (Wildman–Crippen LogP) is 2.78. The lowest BCUT2D eigenvalue weighted by molar-refractivity contribution is 0.0195. The van der Waals surface area contributed by atoms with Gasteiger partial charge >= 0.3 is 0 Å². The summed E-state index contributed by atoms with van der Waals surface area (Å²) < 4.78 is 29.7. The number of fused-ring (bicyclic) bond motifs is 2. The third kappa shape index (κ3) is 3.27. The first kappa shape index (κ1) is 14.7. The van der Waals surface area contributed by atoms with E-state index in [1.165, 1.54) is 6.33 Å².